The Balaban J connectivity index is 2.11. The fraction of sp³-hybridized carbons (Fsp3) is 0.467. The SMILES string of the molecule is CC(C)(C)OC(=O)N[C@]1(C(=O)[O-])C[C@@H]1c1ccccc1. The van der Waals surface area contributed by atoms with Gasteiger partial charge in [-0.1, -0.05) is 30.3 Å². The number of alkyl carbamates (subject to hydrolysis) is 1. The Hall–Kier alpha value is -2.04. The van der Waals surface area contributed by atoms with Gasteiger partial charge in [0.2, 0.25) is 0 Å². The molecule has 0 aromatic heterocycles. The monoisotopic (exact) mass is 276 g/mol. The first-order chi connectivity index (χ1) is 9.24. The molecule has 0 aliphatic heterocycles. The van der Waals surface area contributed by atoms with Crippen LogP contribution in [0.2, 0.25) is 0 Å². The number of carbonyl (C=O) groups is 2. The van der Waals surface area contributed by atoms with Gasteiger partial charge in [0.25, 0.3) is 0 Å². The molecule has 2 atom stereocenters. The average Bonchev–Trinajstić information content (AvgIpc) is 3.03. The number of carbonyl (C=O) groups excluding carboxylic acids is 2. The minimum absolute atomic E-state index is 0.277. The molecule has 108 valence electrons. The summed E-state index contributed by atoms with van der Waals surface area (Å²) in [4.78, 5) is 23.2. The summed E-state index contributed by atoms with van der Waals surface area (Å²) in [6.45, 7) is 5.17. The van der Waals surface area contributed by atoms with Crippen LogP contribution in [-0.2, 0) is 9.53 Å². The largest absolute Gasteiger partial charge is 0.548 e. The van der Waals surface area contributed by atoms with Crippen molar-refractivity contribution in [1.82, 2.24) is 5.32 Å². The normalized spacial score (nSPS) is 24.9. The quantitative estimate of drug-likeness (QED) is 0.899. The number of benzene rings is 1. The van der Waals surface area contributed by atoms with Crippen molar-refractivity contribution >= 4 is 12.1 Å². The molecular formula is C15H18NO4-. The molecule has 1 aliphatic rings. The van der Waals surface area contributed by atoms with Gasteiger partial charge in [0.15, 0.2) is 0 Å². The second-order valence-corrected chi connectivity index (χ2v) is 6.05. The molecule has 1 aromatic rings. The zero-order valence-electron chi connectivity index (χ0n) is 11.8. The van der Waals surface area contributed by atoms with Gasteiger partial charge in [-0.25, -0.2) is 4.79 Å². The molecule has 5 nitrogen and oxygen atoms in total. The van der Waals surface area contributed by atoms with Crippen LogP contribution in [0.25, 0.3) is 0 Å². The topological polar surface area (TPSA) is 78.5 Å². The molecule has 0 bridgehead atoms. The maximum atomic E-state index is 11.8. The Morgan fingerprint density at radius 1 is 1.30 bits per heavy atom. The molecule has 1 fully saturated rings. The smallest absolute Gasteiger partial charge is 0.408 e. The highest BCUT2D eigenvalue weighted by Crippen LogP contribution is 2.51. The van der Waals surface area contributed by atoms with Gasteiger partial charge in [0, 0.05) is 5.92 Å². The first kappa shape index (κ1) is 14.4. The molecule has 0 radical (unpaired) electrons. The van der Waals surface area contributed by atoms with Crippen molar-refractivity contribution in [1.29, 1.82) is 0 Å². The predicted octanol–water partition coefficient (Wildman–Crippen LogP) is 1.19. The van der Waals surface area contributed by atoms with E-state index in [0.29, 0.717) is 6.42 Å². The Labute approximate surface area is 117 Å². The molecule has 1 aromatic carbocycles. The summed E-state index contributed by atoms with van der Waals surface area (Å²) in [5, 5.41) is 13.8. The number of carboxylic acid groups (broad SMARTS) is 1. The summed E-state index contributed by atoms with van der Waals surface area (Å²) in [7, 11) is 0. The summed E-state index contributed by atoms with van der Waals surface area (Å²) < 4.78 is 5.11. The molecule has 5 heteroatoms. The van der Waals surface area contributed by atoms with Crippen LogP contribution in [0.4, 0.5) is 4.79 Å². The third-order valence-electron chi connectivity index (χ3n) is 3.25. The molecule has 0 saturated heterocycles. The summed E-state index contributed by atoms with van der Waals surface area (Å²) in [5.41, 5.74) is -1.16. The van der Waals surface area contributed by atoms with Crippen LogP contribution in [-0.4, -0.2) is 23.2 Å². The number of hydrogen-bond acceptors (Lipinski definition) is 4. The Kier molecular flexibility index (Phi) is 3.46. The van der Waals surface area contributed by atoms with E-state index < -0.39 is 23.2 Å². The Morgan fingerprint density at radius 2 is 1.90 bits per heavy atom. The first-order valence-electron chi connectivity index (χ1n) is 6.52. The highest BCUT2D eigenvalue weighted by Gasteiger charge is 2.58. The van der Waals surface area contributed by atoms with Gasteiger partial charge in [0.05, 0.1) is 11.5 Å². The first-order valence-corrected chi connectivity index (χ1v) is 6.52. The van der Waals surface area contributed by atoms with Gasteiger partial charge in [-0.2, -0.15) is 0 Å². The van der Waals surface area contributed by atoms with Crippen molar-refractivity contribution < 1.29 is 19.4 Å². The van der Waals surface area contributed by atoms with E-state index in [1.54, 1.807) is 20.8 Å². The molecule has 1 N–H and O–H groups in total. The van der Waals surface area contributed by atoms with E-state index in [-0.39, 0.29) is 5.92 Å². The van der Waals surface area contributed by atoms with Crippen molar-refractivity contribution in [2.24, 2.45) is 0 Å². The van der Waals surface area contributed by atoms with Gasteiger partial charge >= 0.3 is 6.09 Å². The summed E-state index contributed by atoms with van der Waals surface area (Å²) in [6.07, 6.45) is -0.418. The van der Waals surface area contributed by atoms with E-state index in [1.165, 1.54) is 0 Å². The number of amides is 1. The summed E-state index contributed by atoms with van der Waals surface area (Å²) in [5.74, 6) is -1.56. The van der Waals surface area contributed by atoms with E-state index in [9.17, 15) is 14.7 Å². The Morgan fingerprint density at radius 3 is 2.40 bits per heavy atom. The van der Waals surface area contributed by atoms with Crippen molar-refractivity contribution in [2.45, 2.75) is 44.2 Å². The van der Waals surface area contributed by atoms with E-state index >= 15 is 0 Å². The van der Waals surface area contributed by atoms with Gasteiger partial charge in [-0.05, 0) is 32.8 Å². The minimum atomic E-state index is -1.36. The third kappa shape index (κ3) is 2.92. The zero-order valence-corrected chi connectivity index (χ0v) is 11.8. The van der Waals surface area contributed by atoms with Crippen molar-refractivity contribution in [3.05, 3.63) is 35.9 Å². The van der Waals surface area contributed by atoms with E-state index in [0.717, 1.165) is 5.56 Å². The second kappa shape index (κ2) is 4.81. The highest BCUT2D eigenvalue weighted by atomic mass is 16.6. The van der Waals surface area contributed by atoms with Gasteiger partial charge in [-0.3, -0.25) is 0 Å². The number of nitrogens with one attached hydrogen (secondary N) is 1. The van der Waals surface area contributed by atoms with Crippen LogP contribution in [0.15, 0.2) is 30.3 Å². The zero-order chi connectivity index (χ0) is 15.0. The van der Waals surface area contributed by atoms with Crippen molar-refractivity contribution in [3.8, 4) is 0 Å². The van der Waals surface area contributed by atoms with Gasteiger partial charge in [-0.15, -0.1) is 0 Å². The maximum Gasteiger partial charge on any atom is 0.408 e. The van der Waals surface area contributed by atoms with Crippen molar-refractivity contribution in [3.63, 3.8) is 0 Å². The van der Waals surface area contributed by atoms with Crippen LogP contribution >= 0.6 is 0 Å². The third-order valence-corrected chi connectivity index (χ3v) is 3.25. The number of hydrogen-bond donors (Lipinski definition) is 1. The van der Waals surface area contributed by atoms with Crippen molar-refractivity contribution in [2.75, 3.05) is 0 Å². The summed E-state index contributed by atoms with van der Waals surface area (Å²) in [6, 6.07) is 9.20. The van der Waals surface area contributed by atoms with Crippen LogP contribution in [0.1, 0.15) is 38.7 Å². The summed E-state index contributed by atoms with van der Waals surface area (Å²) >= 11 is 0. The van der Waals surface area contributed by atoms with E-state index in [2.05, 4.69) is 5.32 Å². The van der Waals surface area contributed by atoms with Crippen LogP contribution in [0.5, 0.6) is 0 Å². The molecule has 0 unspecified atom stereocenters. The number of ether oxygens (including phenoxy) is 1. The van der Waals surface area contributed by atoms with Crippen LogP contribution in [0, 0.1) is 0 Å². The fourth-order valence-corrected chi connectivity index (χ4v) is 2.25. The van der Waals surface area contributed by atoms with E-state index in [4.69, 9.17) is 4.74 Å². The van der Waals surface area contributed by atoms with E-state index in [1.807, 2.05) is 30.3 Å². The number of carboxylic acids is 1. The lowest BCUT2D eigenvalue weighted by molar-refractivity contribution is -0.310. The predicted molar refractivity (Wildman–Crippen MR) is 70.9 cm³/mol. The minimum Gasteiger partial charge on any atom is -0.548 e. The van der Waals surface area contributed by atoms with Crippen LogP contribution < -0.4 is 10.4 Å². The lowest BCUT2D eigenvalue weighted by atomic mass is 10.1. The fourth-order valence-electron chi connectivity index (χ4n) is 2.25. The standard InChI is InChI=1S/C15H19NO4/c1-14(2,3)20-13(19)16-15(12(17)18)9-11(15)10-7-5-4-6-8-10/h4-8,11H,9H2,1-3H3,(H,16,19)(H,17,18)/p-1/t11-,15-/m1/s1. The van der Waals surface area contributed by atoms with Gasteiger partial charge in [0.1, 0.15) is 5.60 Å². The van der Waals surface area contributed by atoms with Gasteiger partial charge < -0.3 is 20.0 Å². The molecule has 2 rings (SSSR count). The lowest BCUT2D eigenvalue weighted by Crippen LogP contribution is -2.52. The average molecular weight is 276 g/mol. The molecule has 1 amide bonds. The Bertz CT molecular complexity index is 520. The molecular weight excluding hydrogens is 258 g/mol. The molecule has 0 heterocycles. The molecule has 1 aliphatic carbocycles. The second-order valence-electron chi connectivity index (χ2n) is 6.05. The number of aliphatic carboxylic acids is 1. The maximum absolute atomic E-state index is 11.8. The number of rotatable bonds is 3. The molecule has 1 saturated carbocycles. The highest BCUT2D eigenvalue weighted by molar-refractivity contribution is 5.88. The van der Waals surface area contributed by atoms with Crippen LogP contribution in [0.3, 0.4) is 0 Å². The lowest BCUT2D eigenvalue weighted by Gasteiger charge is -2.25. The molecule has 0 spiro atoms. The molecule has 20 heavy (non-hydrogen) atoms.